The lowest BCUT2D eigenvalue weighted by atomic mass is 10.2. The molecule has 1 aromatic heterocycles. The number of pyridine rings is 1. The van der Waals surface area contributed by atoms with Crippen LogP contribution in [0.15, 0.2) is 24.5 Å². The van der Waals surface area contributed by atoms with Gasteiger partial charge in [-0.2, -0.15) is 4.57 Å². The van der Waals surface area contributed by atoms with E-state index in [9.17, 15) is 14.3 Å². The van der Waals surface area contributed by atoms with Gasteiger partial charge in [0.25, 0.3) is 6.67 Å². The Morgan fingerprint density at radius 2 is 1.90 bits per heavy atom. The molecule has 0 aromatic carbocycles. The van der Waals surface area contributed by atoms with E-state index in [-0.39, 0.29) is 6.42 Å². The third-order valence-electron chi connectivity index (χ3n) is 4.02. The average molecular weight is 432 g/mol. The van der Waals surface area contributed by atoms with Gasteiger partial charge in [-0.25, -0.2) is 9.99 Å². The fourth-order valence-electron chi connectivity index (χ4n) is 2.80. The van der Waals surface area contributed by atoms with E-state index in [1.165, 1.54) is 5.56 Å². The highest BCUT2D eigenvalue weighted by molar-refractivity contribution is 7.48. The summed E-state index contributed by atoms with van der Waals surface area (Å²) in [5.74, 6) is 4.16. The molecule has 0 saturated carbocycles. The predicted molar refractivity (Wildman–Crippen MR) is 107 cm³/mol. The van der Waals surface area contributed by atoms with Crippen LogP contribution in [-0.4, -0.2) is 61.3 Å². The van der Waals surface area contributed by atoms with Crippen LogP contribution in [0.5, 0.6) is 0 Å². The van der Waals surface area contributed by atoms with Gasteiger partial charge in [0.05, 0.1) is 34.7 Å². The summed E-state index contributed by atoms with van der Waals surface area (Å²) in [4.78, 5) is 21.0. The second-order valence-corrected chi connectivity index (χ2v) is 9.70. The zero-order chi connectivity index (χ0) is 22.1. The van der Waals surface area contributed by atoms with Crippen LogP contribution >= 0.6 is 7.82 Å². The van der Waals surface area contributed by atoms with Crippen molar-refractivity contribution in [2.75, 3.05) is 41.5 Å². The maximum atomic E-state index is 11.7. The molecule has 11 heteroatoms. The smallest absolute Gasteiger partial charge is 0.371 e. The molecule has 0 aliphatic heterocycles. The fraction of sp³-hybridized carbons (Fsp3) is 0.611. The van der Waals surface area contributed by atoms with Crippen molar-refractivity contribution in [1.82, 2.24) is 5.43 Å². The largest absolute Gasteiger partial charge is 0.530 e. The van der Waals surface area contributed by atoms with Crippen molar-refractivity contribution in [3.05, 3.63) is 37.1 Å². The van der Waals surface area contributed by atoms with E-state index < -0.39 is 20.5 Å². The zero-order valence-electron chi connectivity index (χ0n) is 17.8. The number of hydrogen-bond acceptors (Lipinski definition) is 6. The number of carbonyl (C=O) groups is 1. The van der Waals surface area contributed by atoms with Gasteiger partial charge in [-0.05, 0) is 12.8 Å². The summed E-state index contributed by atoms with van der Waals surface area (Å²) < 4.78 is 23.6. The Kier molecular flexibility index (Phi) is 9.84. The van der Waals surface area contributed by atoms with Crippen molar-refractivity contribution in [2.24, 2.45) is 5.84 Å². The maximum absolute atomic E-state index is 11.7. The molecule has 10 nitrogen and oxygen atoms in total. The minimum Gasteiger partial charge on any atom is -0.371 e. The standard InChI is InChI=1S/C18H34N5O5P/c1-22(2,3)14-17-9-11-21(12-10-17)16-23(4,5)13-7-6-8-18(24)28-29(25,26)27-15-20-19/h1,9-12,20H,6-8,13-16,19H2,2-5H3/q+2/p+1. The molecule has 1 rings (SSSR count). The van der Waals surface area contributed by atoms with Crippen LogP contribution < -0.4 is 15.8 Å². The van der Waals surface area contributed by atoms with E-state index in [0.717, 1.165) is 30.7 Å². The number of nitrogens with one attached hydrogen (secondary N) is 1. The van der Waals surface area contributed by atoms with Gasteiger partial charge in [0.15, 0.2) is 12.4 Å². The topological polar surface area (TPSA) is 115 Å². The van der Waals surface area contributed by atoms with E-state index in [1.807, 2.05) is 31.9 Å². The maximum Gasteiger partial charge on any atom is 0.530 e. The molecular weight excluding hydrogens is 397 g/mol. The van der Waals surface area contributed by atoms with Crippen LogP contribution in [0.25, 0.3) is 0 Å². The highest BCUT2D eigenvalue weighted by Crippen LogP contribution is 2.43. The number of nitrogens with two attached hydrogens (primary N) is 1. The quantitative estimate of drug-likeness (QED) is 0.0791. The summed E-state index contributed by atoms with van der Waals surface area (Å²) in [7, 11) is 9.69. The van der Waals surface area contributed by atoms with Gasteiger partial charge in [-0.3, -0.25) is 24.5 Å². The van der Waals surface area contributed by atoms with Crippen LogP contribution in [-0.2, 0) is 31.6 Å². The van der Waals surface area contributed by atoms with Crippen LogP contribution in [0, 0.1) is 7.05 Å². The van der Waals surface area contributed by atoms with Crippen LogP contribution in [0.2, 0.25) is 0 Å². The number of rotatable bonds is 13. The lowest BCUT2D eigenvalue weighted by Gasteiger charge is -2.26. The summed E-state index contributed by atoms with van der Waals surface area (Å²) in [5.41, 5.74) is 3.21. The normalized spacial score (nSPS) is 14.4. The SMILES string of the molecule is [CH][N+](C)(C)Cc1cc[n+](C[N+](C)(C)CCCCC(=O)OP(=O)(O)OCNN)cc1. The van der Waals surface area contributed by atoms with E-state index in [0.29, 0.717) is 10.9 Å². The molecule has 164 valence electrons. The Labute approximate surface area is 173 Å². The molecule has 0 aliphatic rings. The van der Waals surface area contributed by atoms with Gasteiger partial charge < -0.3 is 9.01 Å². The summed E-state index contributed by atoms with van der Waals surface area (Å²) in [6.45, 7) is 1.97. The molecule has 4 N–H and O–H groups in total. The minimum absolute atomic E-state index is 0.0406. The average Bonchev–Trinajstić information content (AvgIpc) is 2.57. The van der Waals surface area contributed by atoms with Crippen LogP contribution in [0.3, 0.4) is 0 Å². The number of aromatic nitrogens is 1. The Bertz CT molecular complexity index is 691. The number of phosphoric ester groups is 1. The summed E-state index contributed by atoms with van der Waals surface area (Å²) in [6.07, 6.45) is 5.43. The van der Waals surface area contributed by atoms with Crippen LogP contribution in [0.1, 0.15) is 24.8 Å². The summed E-state index contributed by atoms with van der Waals surface area (Å²) >= 11 is 0. The van der Waals surface area contributed by atoms with Crippen molar-refractivity contribution < 1.29 is 36.8 Å². The third kappa shape index (κ3) is 12.0. The number of quaternary nitrogens is 2. The first-order valence-corrected chi connectivity index (χ1v) is 10.9. The molecule has 0 spiro atoms. The lowest BCUT2D eigenvalue weighted by molar-refractivity contribution is -1.03. The summed E-state index contributed by atoms with van der Waals surface area (Å²) in [5, 5.41) is 0. The van der Waals surface area contributed by atoms with E-state index >= 15 is 0 Å². The number of carbonyl (C=O) groups excluding carboxylic acids is 1. The van der Waals surface area contributed by atoms with Crippen molar-refractivity contribution in [3.63, 3.8) is 0 Å². The molecular formula is C18H35N5O5P+3. The number of nitrogens with zero attached hydrogens (tertiary/aromatic N) is 3. The number of hydrogen-bond donors (Lipinski definition) is 3. The molecule has 29 heavy (non-hydrogen) atoms. The first-order valence-electron chi connectivity index (χ1n) is 9.37. The van der Waals surface area contributed by atoms with E-state index in [2.05, 4.69) is 39.8 Å². The minimum atomic E-state index is -4.42. The second kappa shape index (κ2) is 11.1. The molecule has 0 amide bonds. The van der Waals surface area contributed by atoms with Crippen molar-refractivity contribution in [3.8, 4) is 0 Å². The lowest BCUT2D eigenvalue weighted by Crippen LogP contribution is -2.52. The molecule has 1 atom stereocenters. The van der Waals surface area contributed by atoms with Gasteiger partial charge in [-0.15, -0.1) is 0 Å². The number of hydrazine groups is 1. The van der Waals surface area contributed by atoms with E-state index in [1.54, 1.807) is 0 Å². The zero-order valence-corrected chi connectivity index (χ0v) is 18.7. The monoisotopic (exact) mass is 432 g/mol. The number of unbranched alkanes of at least 4 members (excludes halogenated alkanes) is 1. The second-order valence-electron chi connectivity index (χ2n) is 8.32. The van der Waals surface area contributed by atoms with Gasteiger partial charge in [0.2, 0.25) is 7.05 Å². The van der Waals surface area contributed by atoms with E-state index in [4.69, 9.17) is 12.9 Å². The van der Waals surface area contributed by atoms with Crippen molar-refractivity contribution >= 4 is 13.8 Å². The molecule has 1 unspecified atom stereocenters. The Morgan fingerprint density at radius 1 is 1.28 bits per heavy atom. The summed E-state index contributed by atoms with van der Waals surface area (Å²) in [6, 6.07) is 4.14. The first-order chi connectivity index (χ1) is 13.3. The predicted octanol–water partition coefficient (Wildman–Crippen LogP) is 0.504. The van der Waals surface area contributed by atoms with Gasteiger partial charge in [0.1, 0.15) is 13.3 Å². The fourth-order valence-corrected chi connectivity index (χ4v) is 3.44. The molecule has 1 aromatic rings. The molecule has 0 bridgehead atoms. The van der Waals surface area contributed by atoms with Gasteiger partial charge in [0, 0.05) is 24.1 Å². The third-order valence-corrected chi connectivity index (χ3v) is 4.91. The van der Waals surface area contributed by atoms with Crippen molar-refractivity contribution in [2.45, 2.75) is 32.5 Å². The molecule has 0 aliphatic carbocycles. The van der Waals surface area contributed by atoms with Crippen LogP contribution in [0.4, 0.5) is 0 Å². The van der Waals surface area contributed by atoms with Gasteiger partial charge in [-0.1, -0.05) is 0 Å². The number of phosphoric acid groups is 1. The highest BCUT2D eigenvalue weighted by atomic mass is 31.2. The molecule has 2 radical (unpaired) electrons. The highest BCUT2D eigenvalue weighted by Gasteiger charge is 2.26. The van der Waals surface area contributed by atoms with Gasteiger partial charge >= 0.3 is 13.8 Å². The molecule has 0 fully saturated rings. The first kappa shape index (κ1) is 25.6. The Hall–Kier alpha value is -1.39. The van der Waals surface area contributed by atoms with Crippen molar-refractivity contribution in [1.29, 1.82) is 0 Å². The Balaban J connectivity index is 2.38. The molecule has 0 saturated heterocycles. The molecule has 1 heterocycles. The Morgan fingerprint density at radius 3 is 2.45 bits per heavy atom.